The van der Waals surface area contributed by atoms with Crippen LogP contribution in [0.3, 0.4) is 0 Å². The highest BCUT2D eigenvalue weighted by Crippen LogP contribution is 2.24. The molecule has 10 heteroatoms. The van der Waals surface area contributed by atoms with Crippen LogP contribution in [0.2, 0.25) is 5.02 Å². The highest BCUT2D eigenvalue weighted by atomic mass is 35.5. The van der Waals surface area contributed by atoms with Crippen molar-refractivity contribution in [3.63, 3.8) is 0 Å². The molecule has 1 aliphatic rings. The van der Waals surface area contributed by atoms with Gasteiger partial charge >= 0.3 is 6.03 Å². The second kappa shape index (κ2) is 7.87. The molecule has 1 N–H and O–H groups in total. The molecule has 1 aromatic heterocycles. The fourth-order valence-electron chi connectivity index (χ4n) is 3.08. The van der Waals surface area contributed by atoms with Gasteiger partial charge in [-0.1, -0.05) is 22.8 Å². The van der Waals surface area contributed by atoms with Gasteiger partial charge in [0.1, 0.15) is 10.6 Å². The molecule has 0 unspecified atom stereocenters. The third-order valence-electron chi connectivity index (χ3n) is 4.38. The maximum absolute atomic E-state index is 12.9. The first kappa shape index (κ1) is 19.7. The molecule has 0 radical (unpaired) electrons. The average molecular weight is 413 g/mol. The number of hydrogen-bond acceptors (Lipinski definition) is 5. The smallest absolute Gasteiger partial charge is 0.321 e. The van der Waals surface area contributed by atoms with Gasteiger partial charge in [0.05, 0.1) is 0 Å². The Kier molecular flexibility index (Phi) is 5.73. The third-order valence-corrected chi connectivity index (χ3v) is 6.76. The molecule has 0 atom stereocenters. The van der Waals surface area contributed by atoms with Gasteiger partial charge in [-0.05, 0) is 38.5 Å². The van der Waals surface area contributed by atoms with Crippen LogP contribution < -0.4 is 5.32 Å². The summed E-state index contributed by atoms with van der Waals surface area (Å²) in [5.41, 5.74) is 0.934. The summed E-state index contributed by atoms with van der Waals surface area (Å²) >= 11 is 5.93. The molecule has 8 nitrogen and oxygen atoms in total. The maximum atomic E-state index is 12.9. The lowest BCUT2D eigenvalue weighted by Gasteiger charge is -2.22. The molecule has 0 bridgehead atoms. The Morgan fingerprint density at radius 3 is 2.67 bits per heavy atom. The minimum atomic E-state index is -3.72. The van der Waals surface area contributed by atoms with E-state index in [9.17, 15) is 13.2 Å². The fourth-order valence-corrected chi connectivity index (χ4v) is 5.03. The van der Waals surface area contributed by atoms with E-state index in [1.807, 2.05) is 0 Å². The molecule has 1 aliphatic heterocycles. The number of urea groups is 1. The molecule has 2 heterocycles. The van der Waals surface area contributed by atoms with E-state index in [2.05, 4.69) is 10.5 Å². The van der Waals surface area contributed by atoms with E-state index < -0.39 is 10.0 Å². The Morgan fingerprint density at radius 1 is 1.22 bits per heavy atom. The van der Waals surface area contributed by atoms with E-state index in [0.717, 1.165) is 0 Å². The summed E-state index contributed by atoms with van der Waals surface area (Å²) in [6, 6.07) is 6.59. The number of rotatable bonds is 3. The summed E-state index contributed by atoms with van der Waals surface area (Å²) < 4.78 is 32.3. The molecular weight excluding hydrogens is 392 g/mol. The Balaban J connectivity index is 1.69. The minimum Gasteiger partial charge on any atom is -0.360 e. The van der Waals surface area contributed by atoms with Gasteiger partial charge in [0, 0.05) is 36.9 Å². The Labute approximate surface area is 163 Å². The number of carbonyl (C=O) groups is 1. The zero-order valence-electron chi connectivity index (χ0n) is 15.1. The lowest BCUT2D eigenvalue weighted by Crippen LogP contribution is -2.39. The maximum Gasteiger partial charge on any atom is 0.321 e. The van der Waals surface area contributed by atoms with Gasteiger partial charge in [0.2, 0.25) is 10.0 Å². The second-order valence-electron chi connectivity index (χ2n) is 6.34. The van der Waals surface area contributed by atoms with Crippen molar-refractivity contribution in [1.29, 1.82) is 0 Å². The number of benzene rings is 1. The normalized spacial score (nSPS) is 16.2. The van der Waals surface area contributed by atoms with Crippen LogP contribution in [0.15, 0.2) is 33.7 Å². The zero-order valence-corrected chi connectivity index (χ0v) is 16.7. The van der Waals surface area contributed by atoms with Crippen LogP contribution >= 0.6 is 11.6 Å². The van der Waals surface area contributed by atoms with Crippen molar-refractivity contribution in [1.82, 2.24) is 14.4 Å². The number of aromatic nitrogens is 1. The number of hydrogen-bond donors (Lipinski definition) is 1. The van der Waals surface area contributed by atoms with Crippen molar-refractivity contribution in [2.75, 3.05) is 31.5 Å². The first-order chi connectivity index (χ1) is 12.8. The summed E-state index contributed by atoms with van der Waals surface area (Å²) in [6.45, 7) is 4.46. The van der Waals surface area contributed by atoms with E-state index in [-0.39, 0.29) is 29.8 Å². The Morgan fingerprint density at radius 2 is 2.00 bits per heavy atom. The highest BCUT2D eigenvalue weighted by molar-refractivity contribution is 7.89. The molecule has 0 spiro atoms. The summed E-state index contributed by atoms with van der Waals surface area (Å²) in [5, 5.41) is 7.05. The summed E-state index contributed by atoms with van der Waals surface area (Å²) in [4.78, 5) is 14.2. The number of aryl methyl sites for hydroxylation is 2. The first-order valence-electron chi connectivity index (χ1n) is 8.53. The Hall–Kier alpha value is -2.10. The van der Waals surface area contributed by atoms with Crippen molar-refractivity contribution in [3.05, 3.63) is 40.7 Å². The van der Waals surface area contributed by atoms with Crippen LogP contribution in [0, 0.1) is 13.8 Å². The van der Waals surface area contributed by atoms with Gasteiger partial charge in [0.25, 0.3) is 0 Å². The van der Waals surface area contributed by atoms with Crippen molar-refractivity contribution in [3.8, 4) is 0 Å². The third kappa shape index (κ3) is 4.26. The van der Waals surface area contributed by atoms with Gasteiger partial charge in [-0.25, -0.2) is 13.2 Å². The Bertz CT molecular complexity index is 925. The molecule has 1 aromatic carbocycles. The van der Waals surface area contributed by atoms with Crippen LogP contribution in [0.1, 0.15) is 17.9 Å². The van der Waals surface area contributed by atoms with Crippen molar-refractivity contribution in [2.45, 2.75) is 25.2 Å². The van der Waals surface area contributed by atoms with Gasteiger partial charge < -0.3 is 14.7 Å². The minimum absolute atomic E-state index is 0.110. The topological polar surface area (TPSA) is 95.8 Å². The molecule has 27 heavy (non-hydrogen) atoms. The largest absolute Gasteiger partial charge is 0.360 e. The van der Waals surface area contributed by atoms with E-state index in [4.69, 9.17) is 16.1 Å². The number of amides is 2. The number of sulfonamides is 1. The monoisotopic (exact) mass is 412 g/mol. The molecule has 1 fully saturated rings. The van der Waals surface area contributed by atoms with Crippen LogP contribution in [-0.2, 0) is 10.0 Å². The first-order valence-corrected chi connectivity index (χ1v) is 10.4. The van der Waals surface area contributed by atoms with E-state index in [1.165, 1.54) is 4.31 Å². The van der Waals surface area contributed by atoms with E-state index in [0.29, 0.717) is 35.9 Å². The molecule has 146 valence electrons. The van der Waals surface area contributed by atoms with Crippen molar-refractivity contribution >= 4 is 33.3 Å². The molecule has 1 saturated heterocycles. The van der Waals surface area contributed by atoms with E-state index >= 15 is 0 Å². The zero-order chi connectivity index (χ0) is 19.6. The number of anilines is 1. The average Bonchev–Trinajstić information content (AvgIpc) is 2.82. The quantitative estimate of drug-likeness (QED) is 0.836. The predicted octanol–water partition coefficient (Wildman–Crippen LogP) is 2.87. The van der Waals surface area contributed by atoms with Gasteiger partial charge in [-0.3, -0.25) is 0 Å². The summed E-state index contributed by atoms with van der Waals surface area (Å²) in [7, 11) is -3.72. The van der Waals surface area contributed by atoms with Crippen LogP contribution in [-0.4, -0.2) is 55.0 Å². The lowest BCUT2D eigenvalue weighted by molar-refractivity contribution is 0.214. The lowest BCUT2D eigenvalue weighted by atomic mass is 10.3. The molecule has 0 saturated carbocycles. The molecule has 2 aromatic rings. The summed E-state index contributed by atoms with van der Waals surface area (Å²) in [6.07, 6.45) is 0.533. The molecular formula is C17H21ClN4O4S. The molecule has 2 amide bonds. The van der Waals surface area contributed by atoms with E-state index in [1.54, 1.807) is 43.0 Å². The molecule has 0 aliphatic carbocycles. The van der Waals surface area contributed by atoms with Gasteiger partial charge in [-0.2, -0.15) is 4.31 Å². The van der Waals surface area contributed by atoms with Crippen molar-refractivity contribution in [2.24, 2.45) is 0 Å². The fraction of sp³-hybridized carbons (Fsp3) is 0.412. The standard InChI is InChI=1S/C17H21ClN4O4S/c1-12-16(13(2)26-20-12)27(24,25)22-8-4-7-21(9-10-22)17(23)19-15-6-3-5-14(18)11-15/h3,5-6,11H,4,7-10H2,1-2H3,(H,19,23). The SMILES string of the molecule is Cc1noc(C)c1S(=O)(=O)N1CCCN(C(=O)Nc2cccc(Cl)c2)CC1. The number of nitrogens with one attached hydrogen (secondary N) is 1. The second-order valence-corrected chi connectivity index (χ2v) is 8.65. The van der Waals surface area contributed by atoms with Crippen LogP contribution in [0.5, 0.6) is 0 Å². The van der Waals surface area contributed by atoms with Gasteiger partial charge in [0.15, 0.2) is 5.76 Å². The van der Waals surface area contributed by atoms with Gasteiger partial charge in [-0.15, -0.1) is 0 Å². The number of nitrogens with zero attached hydrogens (tertiary/aromatic N) is 3. The highest BCUT2D eigenvalue weighted by Gasteiger charge is 2.32. The van der Waals surface area contributed by atoms with Crippen molar-refractivity contribution < 1.29 is 17.7 Å². The van der Waals surface area contributed by atoms with Crippen LogP contribution in [0.25, 0.3) is 0 Å². The number of carbonyl (C=O) groups excluding carboxylic acids is 1. The molecule has 3 rings (SSSR count). The number of halogens is 1. The predicted molar refractivity (Wildman–Crippen MR) is 101 cm³/mol. The van der Waals surface area contributed by atoms with Crippen LogP contribution in [0.4, 0.5) is 10.5 Å². The summed E-state index contributed by atoms with van der Waals surface area (Å²) in [5.74, 6) is 0.271.